The number of nitrogens with one attached hydrogen (secondary N) is 4. The number of nitrogens with zero attached hydrogens (tertiary/aromatic N) is 1. The number of hydrogen-bond donors (Lipinski definition) is 4. The molecule has 0 aromatic heterocycles. The summed E-state index contributed by atoms with van der Waals surface area (Å²) in [7, 11) is -3.56. The van der Waals surface area contributed by atoms with Gasteiger partial charge in [0.05, 0.1) is 22.1 Å². The van der Waals surface area contributed by atoms with E-state index in [-0.39, 0.29) is 47.3 Å². The summed E-state index contributed by atoms with van der Waals surface area (Å²) in [5.41, 5.74) is -1.03. The van der Waals surface area contributed by atoms with Crippen LogP contribution in [0, 0.1) is 29.1 Å². The van der Waals surface area contributed by atoms with Gasteiger partial charge in [-0.3, -0.25) is 19.2 Å². The molecule has 1 aliphatic heterocycles. The van der Waals surface area contributed by atoms with Crippen LogP contribution >= 0.6 is 0 Å². The third kappa shape index (κ3) is 9.30. The first kappa shape index (κ1) is 41.2. The monoisotopic (exact) mass is 759 g/mol. The van der Waals surface area contributed by atoms with Crippen LogP contribution in [0.3, 0.4) is 0 Å². The van der Waals surface area contributed by atoms with Gasteiger partial charge in [0.25, 0.3) is 5.91 Å². The summed E-state index contributed by atoms with van der Waals surface area (Å²) in [5, 5.41) is 11.6. The molecule has 13 heteroatoms. The van der Waals surface area contributed by atoms with Crippen molar-refractivity contribution in [1.82, 2.24) is 26.2 Å². The number of sulfone groups is 1. The van der Waals surface area contributed by atoms with Crippen LogP contribution in [0.5, 0.6) is 0 Å². The zero-order valence-corrected chi connectivity index (χ0v) is 33.6. The summed E-state index contributed by atoms with van der Waals surface area (Å²) in [6, 6.07) is -3.30. The molecule has 0 aromatic rings. The minimum absolute atomic E-state index is 0.0628. The van der Waals surface area contributed by atoms with E-state index >= 15 is 0 Å². The van der Waals surface area contributed by atoms with E-state index in [1.165, 1.54) is 6.08 Å². The molecule has 298 valence electrons. The predicted octanol–water partition coefficient (Wildman–Crippen LogP) is 4.57. The number of carbonyl (C=O) groups excluding carboxylic acids is 5. The first-order valence-electron chi connectivity index (χ1n) is 20.2. The van der Waals surface area contributed by atoms with E-state index in [1.54, 1.807) is 25.7 Å². The van der Waals surface area contributed by atoms with Gasteiger partial charge in [-0.1, -0.05) is 77.7 Å². The molecule has 5 fully saturated rings. The Hall–Kier alpha value is -2.96. The molecule has 1 unspecified atom stereocenters. The molecule has 0 bridgehead atoms. The summed E-state index contributed by atoms with van der Waals surface area (Å²) in [4.78, 5) is 71.1. The van der Waals surface area contributed by atoms with Crippen molar-refractivity contribution in [2.24, 2.45) is 29.1 Å². The maximum absolute atomic E-state index is 14.9. The van der Waals surface area contributed by atoms with Gasteiger partial charge in [-0.2, -0.15) is 0 Å². The van der Waals surface area contributed by atoms with Crippen LogP contribution in [-0.4, -0.2) is 90.1 Å². The predicted molar refractivity (Wildman–Crippen MR) is 204 cm³/mol. The second kappa shape index (κ2) is 16.4. The second-order valence-electron chi connectivity index (χ2n) is 18.5. The Morgan fingerprint density at radius 1 is 0.906 bits per heavy atom. The quantitative estimate of drug-likeness (QED) is 0.149. The average molecular weight is 760 g/mol. The van der Waals surface area contributed by atoms with E-state index in [4.69, 9.17) is 0 Å². The van der Waals surface area contributed by atoms with E-state index in [0.29, 0.717) is 25.8 Å². The molecule has 5 atom stereocenters. The lowest BCUT2D eigenvalue weighted by Crippen LogP contribution is -2.63. The number of rotatable bonds is 14. The molecule has 1 saturated heterocycles. The maximum atomic E-state index is 14.9. The fraction of sp³-hybridized carbons (Fsp3) is 0.825. The smallest absolute Gasteiger partial charge is 0.315 e. The van der Waals surface area contributed by atoms with Crippen molar-refractivity contribution < 1.29 is 32.4 Å². The lowest BCUT2D eigenvalue weighted by molar-refractivity contribution is -0.144. The molecule has 5 rings (SSSR count). The highest BCUT2D eigenvalue weighted by molar-refractivity contribution is 7.92. The Morgan fingerprint density at radius 2 is 1.55 bits per heavy atom. The molecule has 4 saturated carbocycles. The summed E-state index contributed by atoms with van der Waals surface area (Å²) < 4.78 is 25.9. The molecular formula is C40H65N5O7S. The number of fused-ring (bicyclic) bond motifs is 1. The van der Waals surface area contributed by atoms with Crippen molar-refractivity contribution in [3.63, 3.8) is 0 Å². The fourth-order valence-corrected chi connectivity index (χ4v) is 11.2. The van der Waals surface area contributed by atoms with Crippen LogP contribution in [0.15, 0.2) is 12.7 Å². The standard InChI is InChI=1S/C40H65N5O7S/c1-7-21-41-35(48)33(46)30(22-26-15-14-16-26)42-34(47)32-28-23-39(5,6)29(28)24-45(32)36(49)31(27-17-10-8-11-18-27)43-37(50)44-40(19-12-9-13-20-40)25-53(51,52)38(2,3)4/h7,26-32H,1,8-25H2,2-6H3,(H,41,48)(H,42,47)(H2,43,44,50)/t28-,29-,30?,31-,32-/m0/s1. The van der Waals surface area contributed by atoms with Gasteiger partial charge in [-0.25, -0.2) is 13.2 Å². The Balaban J connectivity index is 1.39. The lowest BCUT2D eigenvalue weighted by Gasteiger charge is -2.48. The lowest BCUT2D eigenvalue weighted by atomic mass is 9.55. The molecule has 0 spiro atoms. The Labute approximate surface area is 317 Å². The van der Waals surface area contributed by atoms with Gasteiger partial charge in [-0.05, 0) is 88.4 Å². The maximum Gasteiger partial charge on any atom is 0.315 e. The SMILES string of the molecule is C=CCNC(=O)C(=O)C(CC1CCC1)NC(=O)[C@@H]1[C@H]2CC(C)(C)[C@H]2CN1C(=O)[C@@H](NC(=O)NC1(CS(=O)(=O)C(C)(C)C)CCCCC1)C1CCCCC1. The number of Topliss-reactive ketones (excluding diaryl/α,β-unsaturated/α-hetero) is 1. The third-order valence-corrected chi connectivity index (χ3v) is 16.1. The largest absolute Gasteiger partial charge is 0.346 e. The number of amides is 5. The minimum atomic E-state index is -3.56. The van der Waals surface area contributed by atoms with Crippen LogP contribution in [0.4, 0.5) is 4.79 Å². The van der Waals surface area contributed by atoms with Crippen molar-refractivity contribution >= 4 is 39.4 Å². The van der Waals surface area contributed by atoms with Crippen molar-refractivity contribution in [2.45, 2.75) is 159 Å². The van der Waals surface area contributed by atoms with Crippen molar-refractivity contribution in [3.05, 3.63) is 12.7 Å². The van der Waals surface area contributed by atoms with Crippen LogP contribution < -0.4 is 21.3 Å². The van der Waals surface area contributed by atoms with Gasteiger partial charge < -0.3 is 26.2 Å². The number of ketones is 1. The van der Waals surface area contributed by atoms with Gasteiger partial charge >= 0.3 is 6.03 Å². The molecule has 5 aliphatic rings. The van der Waals surface area contributed by atoms with Gasteiger partial charge in [0.2, 0.25) is 17.6 Å². The van der Waals surface area contributed by atoms with Gasteiger partial charge in [0.1, 0.15) is 12.1 Å². The van der Waals surface area contributed by atoms with Crippen molar-refractivity contribution in [3.8, 4) is 0 Å². The van der Waals surface area contributed by atoms with Crippen LogP contribution in [0.1, 0.15) is 131 Å². The number of hydrogen-bond acceptors (Lipinski definition) is 7. The minimum Gasteiger partial charge on any atom is -0.346 e. The Bertz CT molecular complexity index is 1500. The molecule has 53 heavy (non-hydrogen) atoms. The van der Waals surface area contributed by atoms with E-state index in [0.717, 1.165) is 77.0 Å². The zero-order valence-electron chi connectivity index (χ0n) is 32.8. The Morgan fingerprint density at radius 3 is 2.11 bits per heavy atom. The van der Waals surface area contributed by atoms with Gasteiger partial charge in [-0.15, -0.1) is 6.58 Å². The van der Waals surface area contributed by atoms with E-state index < -0.39 is 61.9 Å². The van der Waals surface area contributed by atoms with E-state index in [2.05, 4.69) is 41.7 Å². The van der Waals surface area contributed by atoms with E-state index in [1.807, 2.05) is 0 Å². The highest BCUT2D eigenvalue weighted by Crippen LogP contribution is 2.57. The highest BCUT2D eigenvalue weighted by atomic mass is 32.2. The molecule has 4 aliphatic carbocycles. The molecule has 5 amide bonds. The molecule has 12 nitrogen and oxygen atoms in total. The second-order valence-corrected chi connectivity index (χ2v) is 21.3. The Kier molecular flexibility index (Phi) is 12.8. The topological polar surface area (TPSA) is 171 Å². The highest BCUT2D eigenvalue weighted by Gasteiger charge is 2.61. The summed E-state index contributed by atoms with van der Waals surface area (Å²) in [6.07, 6.45) is 13.5. The summed E-state index contributed by atoms with van der Waals surface area (Å²) >= 11 is 0. The van der Waals surface area contributed by atoms with Crippen molar-refractivity contribution in [1.29, 1.82) is 0 Å². The summed E-state index contributed by atoms with van der Waals surface area (Å²) in [5.74, 6) is -2.34. The average Bonchev–Trinajstić information content (AvgIpc) is 3.41. The first-order valence-corrected chi connectivity index (χ1v) is 21.9. The molecule has 0 radical (unpaired) electrons. The number of carbonyl (C=O) groups is 5. The fourth-order valence-electron chi connectivity index (χ4n) is 9.67. The van der Waals surface area contributed by atoms with Gasteiger partial charge in [0.15, 0.2) is 9.84 Å². The van der Waals surface area contributed by atoms with Crippen LogP contribution in [-0.2, 0) is 29.0 Å². The van der Waals surface area contributed by atoms with Crippen LogP contribution in [0.2, 0.25) is 0 Å². The summed E-state index contributed by atoms with van der Waals surface area (Å²) in [6.45, 7) is 13.4. The molecule has 1 heterocycles. The number of likely N-dealkylation sites (tertiary alicyclic amines) is 1. The molecule has 0 aromatic carbocycles. The van der Waals surface area contributed by atoms with Gasteiger partial charge in [0, 0.05) is 13.1 Å². The third-order valence-electron chi connectivity index (χ3n) is 13.3. The van der Waals surface area contributed by atoms with E-state index in [9.17, 15) is 32.4 Å². The van der Waals surface area contributed by atoms with Crippen molar-refractivity contribution in [2.75, 3.05) is 18.8 Å². The van der Waals surface area contributed by atoms with Crippen LogP contribution in [0.25, 0.3) is 0 Å². The molecular weight excluding hydrogens is 695 g/mol. The normalized spacial score (nSPS) is 26.8. The molecule has 4 N–H and O–H groups in total. The zero-order chi connectivity index (χ0) is 38.8. The number of urea groups is 1. The first-order chi connectivity index (χ1) is 24.9.